The van der Waals surface area contributed by atoms with Crippen molar-refractivity contribution in [3.05, 3.63) is 47.3 Å². The second-order valence-electron chi connectivity index (χ2n) is 4.66. The first-order valence-electron chi connectivity index (χ1n) is 6.41. The van der Waals surface area contributed by atoms with Gasteiger partial charge in [0.2, 0.25) is 5.95 Å². The summed E-state index contributed by atoms with van der Waals surface area (Å²) < 4.78 is 26.9. The van der Waals surface area contributed by atoms with Crippen LogP contribution in [0.15, 0.2) is 35.2 Å². The average Bonchev–Trinajstić information content (AvgIpc) is 2.38. The summed E-state index contributed by atoms with van der Waals surface area (Å²) >= 11 is 5.66. The molecule has 0 saturated heterocycles. The van der Waals surface area contributed by atoms with Gasteiger partial charge < -0.3 is 0 Å². The maximum absolute atomic E-state index is 12.3. The minimum absolute atomic E-state index is 0.0809. The maximum Gasteiger partial charge on any atom is 0.264 e. The van der Waals surface area contributed by atoms with Gasteiger partial charge in [0.05, 0.1) is 4.90 Å². The number of benzene rings is 1. The lowest BCUT2D eigenvalue weighted by Gasteiger charge is -2.08. The zero-order valence-electron chi connectivity index (χ0n) is 11.8. The van der Waals surface area contributed by atoms with Crippen LogP contribution in [-0.2, 0) is 16.4 Å². The molecule has 0 atom stereocenters. The summed E-state index contributed by atoms with van der Waals surface area (Å²) in [5.41, 5.74) is 2.40. The lowest BCUT2D eigenvalue weighted by Crippen LogP contribution is -2.15. The van der Waals surface area contributed by atoms with Crippen LogP contribution in [0.5, 0.6) is 0 Å². The second-order valence-corrected chi connectivity index (χ2v) is 6.72. The number of hydrogen-bond donors (Lipinski definition) is 1. The number of aryl methyl sites for hydroxylation is 3. The van der Waals surface area contributed by atoms with Crippen molar-refractivity contribution in [1.82, 2.24) is 9.97 Å². The van der Waals surface area contributed by atoms with E-state index in [1.54, 1.807) is 44.2 Å². The molecule has 0 amide bonds. The number of anilines is 1. The van der Waals surface area contributed by atoms with E-state index in [0.29, 0.717) is 23.7 Å². The van der Waals surface area contributed by atoms with Crippen LogP contribution in [0.3, 0.4) is 0 Å². The molecule has 0 fully saturated rings. The monoisotopic (exact) mass is 325 g/mol. The Bertz CT molecular complexity index is 710. The largest absolute Gasteiger partial charge is 0.264 e. The zero-order chi connectivity index (χ0) is 15.5. The SMILES string of the molecule is Cc1cc(C)nc(NS(=O)(=O)c2ccc(CCCl)cc2)n1. The van der Waals surface area contributed by atoms with Crippen molar-refractivity contribution < 1.29 is 8.42 Å². The fraction of sp³-hybridized carbons (Fsp3) is 0.286. The molecule has 0 saturated carbocycles. The number of alkyl halides is 1. The number of sulfonamides is 1. The Labute approximate surface area is 129 Å². The van der Waals surface area contributed by atoms with Gasteiger partial charge in [0, 0.05) is 17.3 Å². The van der Waals surface area contributed by atoms with E-state index in [1.807, 2.05) is 0 Å². The second kappa shape index (κ2) is 6.41. The standard InChI is InChI=1S/C14H16ClN3O2S/c1-10-9-11(2)17-14(16-10)18-21(19,20)13-5-3-12(4-6-13)7-8-15/h3-6,9H,7-8H2,1-2H3,(H,16,17,18). The van der Waals surface area contributed by atoms with Crippen molar-refractivity contribution >= 4 is 27.6 Å². The average molecular weight is 326 g/mol. The number of nitrogens with one attached hydrogen (secondary N) is 1. The Balaban J connectivity index is 2.25. The number of hydrogen-bond acceptors (Lipinski definition) is 4. The van der Waals surface area contributed by atoms with Crippen LogP contribution < -0.4 is 4.72 Å². The van der Waals surface area contributed by atoms with Crippen molar-refractivity contribution in [1.29, 1.82) is 0 Å². The molecule has 1 aromatic heterocycles. The van der Waals surface area contributed by atoms with Crippen molar-refractivity contribution in [3.63, 3.8) is 0 Å². The molecule has 1 aromatic carbocycles. The molecule has 0 aliphatic rings. The normalized spacial score (nSPS) is 11.4. The minimum Gasteiger partial charge on any atom is -0.247 e. The minimum atomic E-state index is -3.69. The summed E-state index contributed by atoms with van der Waals surface area (Å²) in [6, 6.07) is 8.37. The summed E-state index contributed by atoms with van der Waals surface area (Å²) in [5.74, 6) is 0.582. The van der Waals surface area contributed by atoms with Gasteiger partial charge in [0.25, 0.3) is 10.0 Å². The maximum atomic E-state index is 12.3. The van der Waals surface area contributed by atoms with Crippen LogP contribution >= 0.6 is 11.6 Å². The smallest absolute Gasteiger partial charge is 0.247 e. The predicted molar refractivity (Wildman–Crippen MR) is 83.2 cm³/mol. The van der Waals surface area contributed by atoms with Crippen LogP contribution in [0, 0.1) is 13.8 Å². The van der Waals surface area contributed by atoms with Gasteiger partial charge in [-0.15, -0.1) is 11.6 Å². The lowest BCUT2D eigenvalue weighted by atomic mass is 10.2. The van der Waals surface area contributed by atoms with Crippen LogP contribution in [0.2, 0.25) is 0 Å². The van der Waals surface area contributed by atoms with Crippen molar-refractivity contribution in [2.75, 3.05) is 10.6 Å². The Hall–Kier alpha value is -1.66. The summed E-state index contributed by atoms with van der Waals surface area (Å²) in [6.07, 6.45) is 0.704. The van der Waals surface area contributed by atoms with Gasteiger partial charge in [-0.25, -0.2) is 23.1 Å². The van der Waals surface area contributed by atoms with Gasteiger partial charge in [-0.1, -0.05) is 12.1 Å². The third kappa shape index (κ3) is 4.15. The Kier molecular flexibility index (Phi) is 4.80. The van der Waals surface area contributed by atoms with E-state index in [0.717, 1.165) is 5.56 Å². The van der Waals surface area contributed by atoms with Gasteiger partial charge in [0.15, 0.2) is 0 Å². The first-order valence-corrected chi connectivity index (χ1v) is 8.42. The summed E-state index contributed by atoms with van der Waals surface area (Å²) in [7, 11) is -3.69. The summed E-state index contributed by atoms with van der Waals surface area (Å²) in [4.78, 5) is 8.32. The van der Waals surface area contributed by atoms with Crippen LogP contribution in [0.4, 0.5) is 5.95 Å². The van der Waals surface area contributed by atoms with Gasteiger partial charge in [0.1, 0.15) is 0 Å². The quantitative estimate of drug-likeness (QED) is 0.858. The number of rotatable bonds is 5. The molecule has 0 bridgehead atoms. The molecule has 2 rings (SSSR count). The molecule has 0 radical (unpaired) electrons. The van der Waals surface area contributed by atoms with Gasteiger partial charge in [-0.3, -0.25) is 0 Å². The Morgan fingerprint density at radius 2 is 1.67 bits per heavy atom. The third-order valence-corrected chi connectivity index (χ3v) is 4.36. The van der Waals surface area contributed by atoms with Crippen molar-refractivity contribution in [2.24, 2.45) is 0 Å². The van der Waals surface area contributed by atoms with Crippen LogP contribution in [0.25, 0.3) is 0 Å². The molecule has 0 aliphatic carbocycles. The van der Waals surface area contributed by atoms with E-state index in [9.17, 15) is 8.42 Å². The summed E-state index contributed by atoms with van der Waals surface area (Å²) in [5, 5.41) is 0. The number of nitrogens with zero attached hydrogens (tertiary/aromatic N) is 2. The van der Waals surface area contributed by atoms with E-state index in [-0.39, 0.29) is 10.8 Å². The van der Waals surface area contributed by atoms with Crippen molar-refractivity contribution in [2.45, 2.75) is 25.2 Å². The Morgan fingerprint density at radius 3 is 2.19 bits per heavy atom. The molecule has 2 aromatic rings. The molecule has 21 heavy (non-hydrogen) atoms. The van der Waals surface area contributed by atoms with E-state index >= 15 is 0 Å². The van der Waals surface area contributed by atoms with E-state index in [2.05, 4.69) is 14.7 Å². The van der Waals surface area contributed by atoms with E-state index in [1.165, 1.54) is 0 Å². The van der Waals surface area contributed by atoms with E-state index < -0.39 is 10.0 Å². The topological polar surface area (TPSA) is 72.0 Å². The highest BCUT2D eigenvalue weighted by Gasteiger charge is 2.15. The fourth-order valence-corrected chi connectivity index (χ4v) is 3.06. The van der Waals surface area contributed by atoms with Gasteiger partial charge >= 0.3 is 0 Å². The van der Waals surface area contributed by atoms with Crippen LogP contribution in [0.1, 0.15) is 17.0 Å². The molecular weight excluding hydrogens is 310 g/mol. The first-order chi connectivity index (χ1) is 9.90. The zero-order valence-corrected chi connectivity index (χ0v) is 13.4. The van der Waals surface area contributed by atoms with Crippen molar-refractivity contribution in [3.8, 4) is 0 Å². The fourth-order valence-electron chi connectivity index (χ4n) is 1.90. The molecular formula is C14H16ClN3O2S. The van der Waals surface area contributed by atoms with Crippen LogP contribution in [-0.4, -0.2) is 24.3 Å². The highest BCUT2D eigenvalue weighted by molar-refractivity contribution is 7.92. The molecule has 112 valence electrons. The molecule has 5 nitrogen and oxygen atoms in total. The summed E-state index contributed by atoms with van der Waals surface area (Å²) in [6.45, 7) is 3.57. The number of halogens is 1. The highest BCUT2D eigenvalue weighted by Crippen LogP contribution is 2.15. The van der Waals surface area contributed by atoms with Gasteiger partial charge in [-0.05, 0) is 44.0 Å². The van der Waals surface area contributed by atoms with E-state index in [4.69, 9.17) is 11.6 Å². The first kappa shape index (κ1) is 15.7. The molecule has 1 heterocycles. The van der Waals surface area contributed by atoms with Gasteiger partial charge in [-0.2, -0.15) is 0 Å². The highest BCUT2D eigenvalue weighted by atomic mass is 35.5. The lowest BCUT2D eigenvalue weighted by molar-refractivity contribution is 0.600. The number of aromatic nitrogens is 2. The molecule has 1 N–H and O–H groups in total. The molecule has 0 unspecified atom stereocenters. The predicted octanol–water partition coefficient (Wildman–Crippen LogP) is 2.68. The molecule has 7 heteroatoms. The Morgan fingerprint density at radius 1 is 1.10 bits per heavy atom. The third-order valence-electron chi connectivity index (χ3n) is 2.82. The molecule has 0 spiro atoms. The molecule has 0 aliphatic heterocycles.